The van der Waals surface area contributed by atoms with Gasteiger partial charge in [-0.1, -0.05) is 12.8 Å². The largest absolute Gasteiger partial charge is 0.481 e. The number of aryl methyl sites for hydroxylation is 1. The van der Waals surface area contributed by atoms with Gasteiger partial charge in [-0.15, -0.1) is 0 Å². The summed E-state index contributed by atoms with van der Waals surface area (Å²) in [6.07, 6.45) is 1.92. The van der Waals surface area contributed by atoms with E-state index in [1.165, 1.54) is 13.0 Å². The highest BCUT2D eigenvalue weighted by molar-refractivity contribution is 9.10. The second-order valence-electron chi connectivity index (χ2n) is 4.77. The molecule has 0 aliphatic heterocycles. The number of hydrogen-bond donors (Lipinski definition) is 1. The van der Waals surface area contributed by atoms with E-state index in [1.807, 2.05) is 0 Å². The van der Waals surface area contributed by atoms with E-state index < -0.39 is 23.0 Å². The van der Waals surface area contributed by atoms with Gasteiger partial charge in [-0.25, -0.2) is 8.78 Å². The van der Waals surface area contributed by atoms with Crippen molar-refractivity contribution < 1.29 is 18.7 Å². The van der Waals surface area contributed by atoms with Crippen molar-refractivity contribution in [3.63, 3.8) is 0 Å². The molecule has 2 nitrogen and oxygen atoms in total. The lowest BCUT2D eigenvalue weighted by molar-refractivity contribution is -0.143. The van der Waals surface area contributed by atoms with Crippen LogP contribution in [0.3, 0.4) is 0 Å². The Kier molecular flexibility index (Phi) is 3.45. The van der Waals surface area contributed by atoms with E-state index in [1.54, 1.807) is 0 Å². The number of carbonyl (C=O) groups is 1. The average Bonchev–Trinajstić information content (AvgIpc) is 2.77. The summed E-state index contributed by atoms with van der Waals surface area (Å²) in [5, 5.41) is 9.40. The molecule has 1 aromatic rings. The molecule has 98 valence electrons. The van der Waals surface area contributed by atoms with E-state index in [9.17, 15) is 18.7 Å². The summed E-state index contributed by atoms with van der Waals surface area (Å²) in [7, 11) is 0. The van der Waals surface area contributed by atoms with Crippen LogP contribution in [0.5, 0.6) is 0 Å². The zero-order chi connectivity index (χ0) is 13.5. The molecule has 5 heteroatoms. The van der Waals surface area contributed by atoms with Gasteiger partial charge in [0.2, 0.25) is 0 Å². The number of aliphatic carboxylic acids is 1. The molecule has 0 radical (unpaired) electrons. The summed E-state index contributed by atoms with van der Waals surface area (Å²) < 4.78 is 28.4. The van der Waals surface area contributed by atoms with E-state index in [0.717, 1.165) is 0 Å². The molecule has 1 N–H and O–H groups in total. The molecule has 1 aliphatic rings. The smallest absolute Gasteiger partial charge is 0.314 e. The average molecular weight is 319 g/mol. The van der Waals surface area contributed by atoms with Crippen molar-refractivity contribution in [2.75, 3.05) is 0 Å². The fourth-order valence-electron chi connectivity index (χ4n) is 2.70. The van der Waals surface area contributed by atoms with Crippen LogP contribution in [0.1, 0.15) is 36.8 Å². The van der Waals surface area contributed by atoms with Gasteiger partial charge in [-0.2, -0.15) is 0 Å². The molecule has 0 spiro atoms. The van der Waals surface area contributed by atoms with Crippen LogP contribution in [0, 0.1) is 18.6 Å². The first kappa shape index (κ1) is 13.5. The second-order valence-corrected chi connectivity index (χ2v) is 5.63. The first-order valence-corrected chi connectivity index (χ1v) is 6.57. The molecule has 1 aliphatic carbocycles. The molecule has 1 saturated carbocycles. The Morgan fingerprint density at radius 1 is 1.33 bits per heavy atom. The summed E-state index contributed by atoms with van der Waals surface area (Å²) in [6, 6.07) is 1.33. The lowest BCUT2D eigenvalue weighted by atomic mass is 9.77. The monoisotopic (exact) mass is 318 g/mol. The normalized spacial score (nSPS) is 18.0. The van der Waals surface area contributed by atoms with Crippen molar-refractivity contribution in [1.82, 2.24) is 0 Å². The number of carboxylic acids is 1. The molecule has 0 aromatic heterocycles. The maximum Gasteiger partial charge on any atom is 0.314 e. The Labute approximate surface area is 112 Å². The van der Waals surface area contributed by atoms with Crippen LogP contribution in [0.15, 0.2) is 10.5 Å². The Morgan fingerprint density at radius 3 is 2.39 bits per heavy atom. The van der Waals surface area contributed by atoms with Crippen molar-refractivity contribution in [2.24, 2.45) is 0 Å². The molecule has 0 saturated heterocycles. The Bertz CT molecular complexity index is 482. The van der Waals surface area contributed by atoms with E-state index in [2.05, 4.69) is 15.9 Å². The second kappa shape index (κ2) is 4.61. The fraction of sp³-hybridized carbons (Fsp3) is 0.462. The first-order chi connectivity index (χ1) is 8.40. The lowest BCUT2D eigenvalue weighted by Gasteiger charge is -2.26. The summed E-state index contributed by atoms with van der Waals surface area (Å²) >= 11 is 3.02. The van der Waals surface area contributed by atoms with Crippen LogP contribution in [0.2, 0.25) is 0 Å². The molecular formula is C13H13BrF2O2. The van der Waals surface area contributed by atoms with Crippen molar-refractivity contribution in [3.05, 3.63) is 33.3 Å². The van der Waals surface area contributed by atoms with Gasteiger partial charge in [0.25, 0.3) is 0 Å². The van der Waals surface area contributed by atoms with E-state index in [-0.39, 0.29) is 28.4 Å². The number of carboxylic acid groups (broad SMARTS) is 1. The Hall–Kier alpha value is -0.970. The Morgan fingerprint density at radius 2 is 1.89 bits per heavy atom. The maximum atomic E-state index is 14.2. The minimum Gasteiger partial charge on any atom is -0.481 e. The number of rotatable bonds is 2. The van der Waals surface area contributed by atoms with Gasteiger partial charge in [0.05, 0.1) is 9.89 Å². The SMILES string of the molecule is Cc1cc(Br)c(F)c(C2(C(=O)O)CCCC2)c1F. The molecule has 0 bridgehead atoms. The van der Waals surface area contributed by atoms with Crippen molar-refractivity contribution in [2.45, 2.75) is 38.0 Å². The van der Waals surface area contributed by atoms with Crippen LogP contribution in [-0.2, 0) is 10.2 Å². The van der Waals surface area contributed by atoms with Crippen LogP contribution < -0.4 is 0 Å². The molecular weight excluding hydrogens is 306 g/mol. The molecule has 0 amide bonds. The van der Waals surface area contributed by atoms with Crippen LogP contribution in [-0.4, -0.2) is 11.1 Å². The van der Waals surface area contributed by atoms with Crippen molar-refractivity contribution in [3.8, 4) is 0 Å². The number of benzene rings is 1. The third kappa shape index (κ3) is 1.85. The quantitative estimate of drug-likeness (QED) is 0.839. The predicted molar refractivity (Wildman–Crippen MR) is 66.6 cm³/mol. The molecule has 18 heavy (non-hydrogen) atoms. The van der Waals surface area contributed by atoms with Gasteiger partial charge in [0, 0.05) is 5.56 Å². The maximum absolute atomic E-state index is 14.2. The summed E-state index contributed by atoms with van der Waals surface area (Å²) in [5.74, 6) is -2.67. The summed E-state index contributed by atoms with van der Waals surface area (Å²) in [4.78, 5) is 11.5. The predicted octanol–water partition coefficient (Wildman–Crippen LogP) is 3.93. The van der Waals surface area contributed by atoms with Crippen LogP contribution in [0.4, 0.5) is 8.78 Å². The van der Waals surface area contributed by atoms with Crippen molar-refractivity contribution >= 4 is 21.9 Å². The van der Waals surface area contributed by atoms with Gasteiger partial charge in [-0.3, -0.25) is 4.79 Å². The standard InChI is InChI=1S/C13H13BrF2O2/c1-7-6-8(14)11(16)9(10(7)15)13(12(17)18)4-2-3-5-13/h6H,2-5H2,1H3,(H,17,18). The highest BCUT2D eigenvalue weighted by atomic mass is 79.9. The third-order valence-electron chi connectivity index (χ3n) is 3.68. The number of halogens is 3. The molecule has 0 heterocycles. The molecule has 0 atom stereocenters. The fourth-order valence-corrected chi connectivity index (χ4v) is 3.24. The molecule has 1 aromatic carbocycles. The summed E-state index contributed by atoms with van der Waals surface area (Å²) in [5.41, 5.74) is -1.45. The number of hydrogen-bond acceptors (Lipinski definition) is 1. The van der Waals surface area contributed by atoms with E-state index >= 15 is 0 Å². The minimum absolute atomic E-state index is 0.115. The van der Waals surface area contributed by atoms with E-state index in [0.29, 0.717) is 12.8 Å². The summed E-state index contributed by atoms with van der Waals surface area (Å²) in [6.45, 7) is 1.51. The van der Waals surface area contributed by atoms with Crippen LogP contribution >= 0.6 is 15.9 Å². The Balaban J connectivity index is 2.73. The van der Waals surface area contributed by atoms with Gasteiger partial charge in [0.15, 0.2) is 0 Å². The van der Waals surface area contributed by atoms with Crippen LogP contribution in [0.25, 0.3) is 0 Å². The van der Waals surface area contributed by atoms with Gasteiger partial charge < -0.3 is 5.11 Å². The topological polar surface area (TPSA) is 37.3 Å². The van der Waals surface area contributed by atoms with Gasteiger partial charge in [-0.05, 0) is 47.3 Å². The zero-order valence-electron chi connectivity index (χ0n) is 9.90. The van der Waals surface area contributed by atoms with Gasteiger partial charge in [0.1, 0.15) is 11.6 Å². The third-order valence-corrected chi connectivity index (χ3v) is 4.26. The molecule has 0 unspecified atom stereocenters. The van der Waals surface area contributed by atoms with Gasteiger partial charge >= 0.3 is 5.97 Å². The molecule has 1 fully saturated rings. The first-order valence-electron chi connectivity index (χ1n) is 5.78. The highest BCUT2D eigenvalue weighted by Crippen LogP contribution is 2.45. The zero-order valence-corrected chi connectivity index (χ0v) is 11.5. The lowest BCUT2D eigenvalue weighted by Crippen LogP contribution is -2.35. The molecule has 2 rings (SSSR count). The highest BCUT2D eigenvalue weighted by Gasteiger charge is 2.47. The minimum atomic E-state index is -1.41. The van der Waals surface area contributed by atoms with Crippen molar-refractivity contribution in [1.29, 1.82) is 0 Å². The van der Waals surface area contributed by atoms with E-state index in [4.69, 9.17) is 0 Å².